The monoisotopic (exact) mass is 296 g/mol. The minimum absolute atomic E-state index is 0.163. The second-order valence-electron chi connectivity index (χ2n) is 6.09. The third-order valence-corrected chi connectivity index (χ3v) is 4.22. The van der Waals surface area contributed by atoms with Gasteiger partial charge in [0.05, 0.1) is 5.92 Å². The lowest BCUT2D eigenvalue weighted by Crippen LogP contribution is -2.49. The summed E-state index contributed by atoms with van der Waals surface area (Å²) in [5.74, 6) is -1.18. The molecule has 1 heterocycles. The molecule has 1 aliphatic heterocycles. The Bertz CT molecular complexity index is 420. The predicted octanol–water partition coefficient (Wildman–Crippen LogP) is 1.00. The predicted molar refractivity (Wildman–Crippen MR) is 76.5 cm³/mol. The number of aliphatic carboxylic acids is 1. The first-order chi connectivity index (χ1) is 10.0. The van der Waals surface area contributed by atoms with Crippen molar-refractivity contribution in [2.45, 2.75) is 51.5 Å². The van der Waals surface area contributed by atoms with Gasteiger partial charge in [0.25, 0.3) is 0 Å². The first-order valence-electron chi connectivity index (χ1n) is 7.85. The molecule has 2 fully saturated rings. The molecule has 0 aromatic carbocycles. The number of hydrogen-bond acceptors (Lipinski definition) is 3. The number of carbonyl (C=O) groups is 3. The molecule has 0 spiro atoms. The van der Waals surface area contributed by atoms with E-state index in [0.29, 0.717) is 19.4 Å². The number of rotatable bonds is 6. The Morgan fingerprint density at radius 2 is 1.95 bits per heavy atom. The van der Waals surface area contributed by atoms with Crippen LogP contribution in [0.15, 0.2) is 0 Å². The molecule has 1 saturated heterocycles. The van der Waals surface area contributed by atoms with Crippen LogP contribution in [0.5, 0.6) is 0 Å². The Kier molecular flexibility index (Phi) is 5.20. The molecule has 2 atom stereocenters. The van der Waals surface area contributed by atoms with Crippen LogP contribution < -0.4 is 5.32 Å². The van der Waals surface area contributed by atoms with E-state index in [2.05, 4.69) is 5.32 Å². The molecule has 0 bridgehead atoms. The highest BCUT2D eigenvalue weighted by Gasteiger charge is 2.37. The van der Waals surface area contributed by atoms with Gasteiger partial charge in [-0.25, -0.2) is 4.79 Å². The molecule has 0 aromatic rings. The summed E-state index contributed by atoms with van der Waals surface area (Å²) in [6.45, 7) is 3.04. The molecule has 21 heavy (non-hydrogen) atoms. The lowest BCUT2D eigenvalue weighted by atomic mass is 9.96. The van der Waals surface area contributed by atoms with Gasteiger partial charge in [0.2, 0.25) is 11.8 Å². The summed E-state index contributed by atoms with van der Waals surface area (Å²) < 4.78 is 0. The highest BCUT2D eigenvalue weighted by Crippen LogP contribution is 2.32. The van der Waals surface area contributed by atoms with Gasteiger partial charge in [-0.1, -0.05) is 13.3 Å². The lowest BCUT2D eigenvalue weighted by molar-refractivity contribution is -0.144. The van der Waals surface area contributed by atoms with E-state index < -0.39 is 12.0 Å². The zero-order valence-corrected chi connectivity index (χ0v) is 12.5. The van der Waals surface area contributed by atoms with Crippen LogP contribution in [0.25, 0.3) is 0 Å². The van der Waals surface area contributed by atoms with Gasteiger partial charge in [-0.3, -0.25) is 9.59 Å². The number of amides is 2. The van der Waals surface area contributed by atoms with Gasteiger partial charge in [-0.05, 0) is 32.1 Å². The van der Waals surface area contributed by atoms with Crippen LogP contribution in [0.4, 0.5) is 0 Å². The molecular weight excluding hydrogens is 272 g/mol. The lowest BCUT2D eigenvalue weighted by Gasteiger charge is -2.32. The highest BCUT2D eigenvalue weighted by atomic mass is 16.4. The summed E-state index contributed by atoms with van der Waals surface area (Å²) in [4.78, 5) is 37.2. The van der Waals surface area contributed by atoms with Crippen molar-refractivity contribution in [3.8, 4) is 0 Å². The third-order valence-electron chi connectivity index (χ3n) is 4.22. The Morgan fingerprint density at radius 3 is 2.52 bits per heavy atom. The minimum Gasteiger partial charge on any atom is -0.480 e. The number of likely N-dealkylation sites (tertiary alicyclic amines) is 1. The molecule has 1 unspecified atom stereocenters. The van der Waals surface area contributed by atoms with Crippen LogP contribution in [0.2, 0.25) is 0 Å². The maximum Gasteiger partial charge on any atom is 0.326 e. The minimum atomic E-state index is -0.994. The molecular formula is C15H24N2O4. The number of carboxylic acids is 1. The zero-order valence-electron chi connectivity index (χ0n) is 12.5. The normalized spacial score (nSPS) is 23.5. The summed E-state index contributed by atoms with van der Waals surface area (Å²) in [6, 6.07) is -0.822. The van der Waals surface area contributed by atoms with Gasteiger partial charge in [-0.2, -0.15) is 0 Å². The van der Waals surface area contributed by atoms with Crippen molar-refractivity contribution in [1.82, 2.24) is 10.2 Å². The first kappa shape index (κ1) is 15.8. The van der Waals surface area contributed by atoms with E-state index in [0.717, 1.165) is 32.2 Å². The van der Waals surface area contributed by atoms with Crippen molar-refractivity contribution in [2.24, 2.45) is 11.8 Å². The maximum atomic E-state index is 12.2. The summed E-state index contributed by atoms with van der Waals surface area (Å²) in [5.41, 5.74) is 0. The molecule has 0 radical (unpaired) electrons. The van der Waals surface area contributed by atoms with Crippen molar-refractivity contribution in [3.05, 3.63) is 0 Å². The molecule has 118 valence electrons. The third kappa shape index (κ3) is 4.19. The quantitative estimate of drug-likeness (QED) is 0.765. The molecule has 2 amide bonds. The summed E-state index contributed by atoms with van der Waals surface area (Å²) >= 11 is 0. The largest absolute Gasteiger partial charge is 0.480 e. The van der Waals surface area contributed by atoms with Crippen LogP contribution in [-0.2, 0) is 14.4 Å². The second kappa shape index (κ2) is 6.91. The molecule has 1 aliphatic carbocycles. The number of nitrogens with one attached hydrogen (secondary N) is 1. The van der Waals surface area contributed by atoms with E-state index >= 15 is 0 Å². The standard InChI is InChI=1S/C15H24N2O4/c1-2-4-12(15(20)21)16-13(18)11-5-3-8-17(9-11)14(19)10-6-7-10/h10-12H,2-9H2,1H3,(H,16,18)(H,20,21)/t11?,12-/m0/s1. The molecule has 6 heteroatoms. The van der Waals surface area contributed by atoms with Gasteiger partial charge in [0.15, 0.2) is 0 Å². The average Bonchev–Trinajstić information content (AvgIpc) is 3.30. The highest BCUT2D eigenvalue weighted by molar-refractivity contribution is 5.86. The molecule has 2 N–H and O–H groups in total. The number of piperidine rings is 1. The second-order valence-corrected chi connectivity index (χ2v) is 6.09. The van der Waals surface area contributed by atoms with E-state index in [4.69, 9.17) is 5.11 Å². The Hall–Kier alpha value is -1.59. The van der Waals surface area contributed by atoms with Crippen molar-refractivity contribution >= 4 is 17.8 Å². The fourth-order valence-corrected chi connectivity index (χ4v) is 2.82. The smallest absolute Gasteiger partial charge is 0.326 e. The van der Waals surface area contributed by atoms with Gasteiger partial charge in [-0.15, -0.1) is 0 Å². The van der Waals surface area contributed by atoms with Crippen LogP contribution >= 0.6 is 0 Å². The van der Waals surface area contributed by atoms with Crippen molar-refractivity contribution < 1.29 is 19.5 Å². The SMILES string of the molecule is CCC[C@H](NC(=O)C1CCCN(C(=O)C2CC2)C1)C(=O)O. The van der Waals surface area contributed by atoms with Crippen LogP contribution in [0.3, 0.4) is 0 Å². The summed E-state index contributed by atoms with van der Waals surface area (Å²) in [7, 11) is 0. The van der Waals surface area contributed by atoms with Gasteiger partial charge >= 0.3 is 5.97 Å². The fourth-order valence-electron chi connectivity index (χ4n) is 2.82. The molecule has 2 rings (SSSR count). The Labute approximate surface area is 124 Å². The van der Waals surface area contributed by atoms with E-state index in [9.17, 15) is 14.4 Å². The van der Waals surface area contributed by atoms with Crippen molar-refractivity contribution in [1.29, 1.82) is 0 Å². The maximum absolute atomic E-state index is 12.2. The number of carbonyl (C=O) groups excluding carboxylic acids is 2. The van der Waals surface area contributed by atoms with Crippen LogP contribution in [-0.4, -0.2) is 46.9 Å². The van der Waals surface area contributed by atoms with Crippen molar-refractivity contribution in [3.63, 3.8) is 0 Å². The van der Waals surface area contributed by atoms with Crippen molar-refractivity contribution in [2.75, 3.05) is 13.1 Å². The number of hydrogen-bond donors (Lipinski definition) is 2. The van der Waals surface area contributed by atoms with Crippen LogP contribution in [0, 0.1) is 11.8 Å². The fraction of sp³-hybridized carbons (Fsp3) is 0.800. The van der Waals surface area contributed by atoms with E-state index in [1.807, 2.05) is 6.92 Å². The van der Waals surface area contributed by atoms with Crippen LogP contribution in [0.1, 0.15) is 45.4 Å². The molecule has 6 nitrogen and oxygen atoms in total. The summed E-state index contributed by atoms with van der Waals surface area (Å²) in [5, 5.41) is 11.7. The average molecular weight is 296 g/mol. The molecule has 0 aromatic heterocycles. The Morgan fingerprint density at radius 1 is 1.24 bits per heavy atom. The Balaban J connectivity index is 1.88. The number of nitrogens with zero attached hydrogens (tertiary/aromatic N) is 1. The summed E-state index contributed by atoms with van der Waals surface area (Å²) in [6.07, 6.45) is 4.58. The van der Waals surface area contributed by atoms with Gasteiger partial charge in [0, 0.05) is 19.0 Å². The van der Waals surface area contributed by atoms with E-state index in [1.165, 1.54) is 0 Å². The van der Waals surface area contributed by atoms with E-state index in [1.54, 1.807) is 4.90 Å². The topological polar surface area (TPSA) is 86.7 Å². The zero-order chi connectivity index (χ0) is 15.4. The molecule has 2 aliphatic rings. The van der Waals surface area contributed by atoms with Gasteiger partial charge in [0.1, 0.15) is 6.04 Å². The molecule has 1 saturated carbocycles. The van der Waals surface area contributed by atoms with E-state index in [-0.39, 0.29) is 23.7 Å². The van der Waals surface area contributed by atoms with Gasteiger partial charge < -0.3 is 15.3 Å². The number of carboxylic acid groups (broad SMARTS) is 1. The first-order valence-corrected chi connectivity index (χ1v) is 7.85.